The van der Waals surface area contributed by atoms with Crippen molar-refractivity contribution in [3.63, 3.8) is 0 Å². The maximum atomic E-state index is 13.9. The molecule has 0 saturated heterocycles. The molecule has 19 heavy (non-hydrogen) atoms. The summed E-state index contributed by atoms with van der Waals surface area (Å²) in [5.74, 6) is 0.372. The molecule has 0 spiro atoms. The molecule has 0 aliphatic carbocycles. The molecule has 1 aromatic carbocycles. The molecule has 3 heteroatoms. The highest BCUT2D eigenvalue weighted by Gasteiger charge is 2.29. The average molecular weight is 330 g/mol. The van der Waals surface area contributed by atoms with Crippen molar-refractivity contribution in [2.24, 2.45) is 11.3 Å². The first-order valence-corrected chi connectivity index (χ1v) is 7.71. The Balaban J connectivity index is 2.91. The third-order valence-corrected chi connectivity index (χ3v) is 4.40. The zero-order valence-electron chi connectivity index (χ0n) is 12.6. The first kappa shape index (κ1) is 16.6. The molecular weight excluding hydrogens is 305 g/mol. The Kier molecular flexibility index (Phi) is 6.00. The Morgan fingerprint density at radius 2 is 1.89 bits per heavy atom. The summed E-state index contributed by atoms with van der Waals surface area (Å²) in [6.07, 6.45) is 0.746. The molecule has 0 aliphatic rings. The smallest absolute Gasteiger partial charge is 0.126 e. The lowest BCUT2D eigenvalue weighted by atomic mass is 9.74. The van der Waals surface area contributed by atoms with E-state index in [0.29, 0.717) is 12.0 Å². The van der Waals surface area contributed by atoms with E-state index in [1.807, 2.05) is 6.07 Å². The van der Waals surface area contributed by atoms with Crippen LogP contribution in [0.15, 0.2) is 22.7 Å². The van der Waals surface area contributed by atoms with Crippen molar-refractivity contribution in [2.75, 3.05) is 6.54 Å². The SMILES string of the molecule is CC(C)NCC(C)(Cc1cc(Br)ccc1F)C(C)C. The van der Waals surface area contributed by atoms with E-state index in [2.05, 4.69) is 55.9 Å². The molecule has 1 unspecified atom stereocenters. The Hall–Kier alpha value is -0.410. The zero-order chi connectivity index (χ0) is 14.6. The normalized spacial score (nSPS) is 15.0. The Morgan fingerprint density at radius 3 is 2.42 bits per heavy atom. The average Bonchev–Trinajstić information content (AvgIpc) is 2.31. The predicted molar refractivity (Wildman–Crippen MR) is 83.9 cm³/mol. The first-order valence-electron chi connectivity index (χ1n) is 6.92. The number of halogens is 2. The molecule has 1 rings (SSSR count). The highest BCUT2D eigenvalue weighted by Crippen LogP contribution is 2.32. The summed E-state index contributed by atoms with van der Waals surface area (Å²) in [6.45, 7) is 11.8. The van der Waals surface area contributed by atoms with Gasteiger partial charge in [0.1, 0.15) is 5.82 Å². The van der Waals surface area contributed by atoms with Gasteiger partial charge in [0.15, 0.2) is 0 Å². The highest BCUT2D eigenvalue weighted by molar-refractivity contribution is 9.10. The Bertz CT molecular complexity index is 417. The summed E-state index contributed by atoms with van der Waals surface area (Å²) in [4.78, 5) is 0. The third kappa shape index (κ3) is 4.88. The van der Waals surface area contributed by atoms with Crippen molar-refractivity contribution in [3.8, 4) is 0 Å². The topological polar surface area (TPSA) is 12.0 Å². The quantitative estimate of drug-likeness (QED) is 0.791. The molecule has 0 radical (unpaired) electrons. The molecule has 0 heterocycles. The standard InChI is InChI=1S/C16H25BrFN/c1-11(2)16(5,10-19-12(3)4)9-13-8-14(17)6-7-15(13)18/h6-8,11-12,19H,9-10H2,1-5H3. The lowest BCUT2D eigenvalue weighted by Gasteiger charge is -2.35. The van der Waals surface area contributed by atoms with Gasteiger partial charge in [-0.25, -0.2) is 4.39 Å². The Labute approximate surface area is 125 Å². The van der Waals surface area contributed by atoms with Crippen LogP contribution in [0.1, 0.15) is 40.2 Å². The van der Waals surface area contributed by atoms with Gasteiger partial charge in [-0.15, -0.1) is 0 Å². The first-order chi connectivity index (χ1) is 8.74. The molecule has 0 amide bonds. The van der Waals surface area contributed by atoms with Crippen LogP contribution < -0.4 is 5.32 Å². The van der Waals surface area contributed by atoms with Crippen LogP contribution in [0, 0.1) is 17.2 Å². The molecule has 0 aromatic heterocycles. The monoisotopic (exact) mass is 329 g/mol. The fraction of sp³-hybridized carbons (Fsp3) is 0.625. The summed E-state index contributed by atoms with van der Waals surface area (Å²) < 4.78 is 14.9. The fourth-order valence-corrected chi connectivity index (χ4v) is 2.43. The second-order valence-electron chi connectivity index (χ2n) is 6.26. The molecule has 0 saturated carbocycles. The fourth-order valence-electron chi connectivity index (χ4n) is 2.02. The molecule has 1 nitrogen and oxygen atoms in total. The summed E-state index contributed by atoms with van der Waals surface area (Å²) in [6, 6.07) is 5.63. The maximum absolute atomic E-state index is 13.9. The van der Waals surface area contributed by atoms with E-state index in [0.717, 1.165) is 23.0 Å². The number of hydrogen-bond donors (Lipinski definition) is 1. The van der Waals surface area contributed by atoms with Gasteiger partial charge in [0.05, 0.1) is 0 Å². The van der Waals surface area contributed by atoms with Gasteiger partial charge in [-0.3, -0.25) is 0 Å². The van der Waals surface area contributed by atoms with Crippen LogP contribution in [0.25, 0.3) is 0 Å². The van der Waals surface area contributed by atoms with Gasteiger partial charge in [0.25, 0.3) is 0 Å². The van der Waals surface area contributed by atoms with E-state index in [1.54, 1.807) is 6.07 Å². The number of nitrogens with one attached hydrogen (secondary N) is 1. The molecule has 1 N–H and O–H groups in total. The summed E-state index contributed by atoms with van der Waals surface area (Å²) in [5, 5.41) is 3.49. The van der Waals surface area contributed by atoms with E-state index in [4.69, 9.17) is 0 Å². The largest absolute Gasteiger partial charge is 0.314 e. The van der Waals surface area contributed by atoms with E-state index in [-0.39, 0.29) is 11.2 Å². The van der Waals surface area contributed by atoms with Crippen molar-refractivity contribution in [1.82, 2.24) is 5.32 Å². The van der Waals surface area contributed by atoms with Gasteiger partial charge in [0, 0.05) is 17.1 Å². The molecule has 0 aliphatic heterocycles. The van der Waals surface area contributed by atoms with Gasteiger partial charge in [-0.2, -0.15) is 0 Å². The van der Waals surface area contributed by atoms with Crippen molar-refractivity contribution in [1.29, 1.82) is 0 Å². The van der Waals surface area contributed by atoms with E-state index in [1.165, 1.54) is 6.07 Å². The summed E-state index contributed by atoms with van der Waals surface area (Å²) >= 11 is 3.42. The third-order valence-electron chi connectivity index (χ3n) is 3.91. The van der Waals surface area contributed by atoms with Crippen LogP contribution in [0.5, 0.6) is 0 Å². The van der Waals surface area contributed by atoms with E-state index >= 15 is 0 Å². The maximum Gasteiger partial charge on any atom is 0.126 e. The van der Waals surface area contributed by atoms with E-state index < -0.39 is 0 Å². The van der Waals surface area contributed by atoms with Crippen LogP contribution >= 0.6 is 15.9 Å². The van der Waals surface area contributed by atoms with Crippen molar-refractivity contribution < 1.29 is 4.39 Å². The van der Waals surface area contributed by atoms with Crippen LogP contribution in [-0.4, -0.2) is 12.6 Å². The van der Waals surface area contributed by atoms with Crippen LogP contribution in [0.2, 0.25) is 0 Å². The molecule has 108 valence electrons. The zero-order valence-corrected chi connectivity index (χ0v) is 14.1. The van der Waals surface area contributed by atoms with Gasteiger partial charge in [0.2, 0.25) is 0 Å². The number of rotatable bonds is 6. The second kappa shape index (κ2) is 6.85. The second-order valence-corrected chi connectivity index (χ2v) is 7.17. The minimum absolute atomic E-state index is 0.0475. The number of benzene rings is 1. The van der Waals surface area contributed by atoms with Crippen LogP contribution in [0.4, 0.5) is 4.39 Å². The van der Waals surface area contributed by atoms with Crippen LogP contribution in [-0.2, 0) is 6.42 Å². The van der Waals surface area contributed by atoms with Gasteiger partial charge in [-0.1, -0.05) is 50.5 Å². The van der Waals surface area contributed by atoms with Crippen LogP contribution in [0.3, 0.4) is 0 Å². The van der Waals surface area contributed by atoms with Crippen molar-refractivity contribution in [2.45, 2.75) is 47.1 Å². The predicted octanol–water partition coefficient (Wildman–Crippen LogP) is 4.79. The molecule has 0 bridgehead atoms. The summed E-state index contributed by atoms with van der Waals surface area (Å²) in [7, 11) is 0. The summed E-state index contributed by atoms with van der Waals surface area (Å²) in [5.41, 5.74) is 0.836. The van der Waals surface area contributed by atoms with Gasteiger partial charge in [-0.05, 0) is 41.5 Å². The molecule has 0 fully saturated rings. The Morgan fingerprint density at radius 1 is 1.26 bits per heavy atom. The molecule has 1 aromatic rings. The van der Waals surface area contributed by atoms with Crippen molar-refractivity contribution in [3.05, 3.63) is 34.1 Å². The lowest BCUT2D eigenvalue weighted by molar-refractivity contribution is 0.200. The molecular formula is C16H25BrFN. The minimum atomic E-state index is -0.111. The number of hydrogen-bond acceptors (Lipinski definition) is 1. The minimum Gasteiger partial charge on any atom is -0.314 e. The molecule has 1 atom stereocenters. The highest BCUT2D eigenvalue weighted by atomic mass is 79.9. The van der Waals surface area contributed by atoms with Gasteiger partial charge >= 0.3 is 0 Å². The van der Waals surface area contributed by atoms with Crippen molar-refractivity contribution >= 4 is 15.9 Å². The van der Waals surface area contributed by atoms with Gasteiger partial charge < -0.3 is 5.32 Å². The lowest BCUT2D eigenvalue weighted by Crippen LogP contribution is -2.40. The van der Waals surface area contributed by atoms with E-state index in [9.17, 15) is 4.39 Å².